The Morgan fingerprint density at radius 3 is 1.93 bits per heavy atom. The summed E-state index contributed by atoms with van der Waals surface area (Å²) in [5.41, 5.74) is 0. The summed E-state index contributed by atoms with van der Waals surface area (Å²) in [7, 11) is 1.49. The standard InChI is InChI=1S/C11H20N2O4S2.C9H8N4O2S2.CH2O3.CH4.Na/c1-3-17-11(19)13-8(9(14)15)6-4-5-7-12-10(18)16-2;16-8(12-3-1-10-5-12)14-7-15-9(17)13-4-2-11-6-13;2-1-4-3;;/h8H,3-7H2,1-2H3,(H,12,18)(H,13,19)(H,14,15);1-6H,7H2;1,3H;1H4;/q;;;;+1/p-1. The number of aliphatic carboxylic acids is 1. The third kappa shape index (κ3) is 22.1. The van der Waals surface area contributed by atoms with E-state index in [2.05, 4.69) is 25.5 Å². The number of unbranched alkanes of at least 4 members (excludes halogenated alkanes) is 1. The minimum absolute atomic E-state index is 0. The van der Waals surface area contributed by atoms with Crippen molar-refractivity contribution in [2.45, 2.75) is 39.7 Å². The molecule has 0 fully saturated rings. The zero-order valence-corrected chi connectivity index (χ0v) is 27.8. The summed E-state index contributed by atoms with van der Waals surface area (Å²) >= 11 is 19.6. The van der Waals surface area contributed by atoms with Gasteiger partial charge in [0, 0.05) is 31.3 Å². The molecule has 0 bridgehead atoms. The molecule has 0 saturated heterocycles. The van der Waals surface area contributed by atoms with Crippen molar-refractivity contribution in [3.8, 4) is 0 Å². The van der Waals surface area contributed by atoms with Crippen LogP contribution in [0.4, 0.5) is 0 Å². The van der Waals surface area contributed by atoms with Gasteiger partial charge in [0.05, 0.1) is 13.7 Å². The fourth-order valence-corrected chi connectivity index (χ4v) is 3.00. The van der Waals surface area contributed by atoms with Gasteiger partial charge in [-0.2, -0.15) is 0 Å². The topological polar surface area (TPSA) is 183 Å². The Labute approximate surface area is 287 Å². The summed E-state index contributed by atoms with van der Waals surface area (Å²) in [5, 5.41) is 24.0. The van der Waals surface area contributed by atoms with E-state index in [4.69, 9.17) is 83.0 Å². The number of aromatic nitrogens is 4. The Balaban J connectivity index is -0.000000617. The van der Waals surface area contributed by atoms with E-state index >= 15 is 0 Å². The van der Waals surface area contributed by atoms with Crippen molar-refractivity contribution in [1.29, 1.82) is 0 Å². The number of nitrogens with one attached hydrogen (secondary N) is 2. The molecule has 2 aromatic heterocycles. The maximum atomic E-state index is 11.0. The van der Waals surface area contributed by atoms with Gasteiger partial charge in [0.1, 0.15) is 18.7 Å². The molecule has 0 aromatic carbocycles. The minimum atomic E-state index is -0.942. The maximum absolute atomic E-state index is 11.0. The normalized spacial score (nSPS) is 9.60. The van der Waals surface area contributed by atoms with Crippen LogP contribution in [-0.2, 0) is 33.4 Å². The van der Waals surface area contributed by atoms with Gasteiger partial charge in [-0.3, -0.25) is 13.9 Å². The molecule has 0 amide bonds. The van der Waals surface area contributed by atoms with Gasteiger partial charge in [-0.15, -0.1) is 0 Å². The first-order valence-corrected chi connectivity index (χ1v) is 12.8. The second-order valence-electron chi connectivity index (χ2n) is 6.74. The number of ether oxygens (including phenoxy) is 4. The van der Waals surface area contributed by atoms with Crippen LogP contribution in [0, 0.1) is 0 Å². The minimum Gasteiger partial charge on any atom is -0.662 e. The number of carboxylic acids is 1. The van der Waals surface area contributed by atoms with Gasteiger partial charge in [-0.05, 0) is 75.1 Å². The number of thiocarbonyl (C=S) groups is 4. The van der Waals surface area contributed by atoms with Crippen molar-refractivity contribution in [3.05, 3.63) is 37.4 Å². The predicted molar refractivity (Wildman–Crippen MR) is 162 cm³/mol. The molecule has 0 spiro atoms. The third-order valence-electron chi connectivity index (χ3n) is 4.07. The molecule has 0 radical (unpaired) electrons. The predicted octanol–water partition coefficient (Wildman–Crippen LogP) is -1.85. The van der Waals surface area contributed by atoms with Gasteiger partial charge in [0.25, 0.3) is 27.2 Å². The maximum Gasteiger partial charge on any atom is 1.00 e. The van der Waals surface area contributed by atoms with E-state index in [1.54, 1.807) is 40.8 Å². The Morgan fingerprint density at radius 1 is 1.02 bits per heavy atom. The summed E-state index contributed by atoms with van der Waals surface area (Å²) in [4.78, 5) is 30.0. The Kier molecular flexibility index (Phi) is 29.9. The Bertz CT molecular complexity index is 988. The summed E-state index contributed by atoms with van der Waals surface area (Å²) in [6.45, 7) is 2.60. The van der Waals surface area contributed by atoms with Crippen molar-refractivity contribution in [2.75, 3.05) is 27.1 Å². The number of carbonyl (C=O) groups is 2. The Hall–Kier alpha value is -2.52. The third-order valence-corrected chi connectivity index (χ3v) is 5.28. The van der Waals surface area contributed by atoms with Crippen molar-refractivity contribution >= 4 is 82.0 Å². The van der Waals surface area contributed by atoms with Gasteiger partial charge >= 0.3 is 35.5 Å². The molecule has 0 saturated carbocycles. The number of methoxy groups -OCH3 is 1. The summed E-state index contributed by atoms with van der Waals surface area (Å²) in [6.07, 6.45) is 11.6. The van der Waals surface area contributed by atoms with Crippen LogP contribution in [0.25, 0.3) is 0 Å². The number of nitrogens with zero attached hydrogens (tertiary/aromatic N) is 4. The quantitative estimate of drug-likeness (QED) is 0.0458. The first-order valence-electron chi connectivity index (χ1n) is 11.2. The first-order chi connectivity index (χ1) is 19.2. The molecular weight excluding hydrogens is 644 g/mol. The number of hydrogen-bond donors (Lipinski definition) is 3. The molecule has 230 valence electrons. The monoisotopic (exact) mass is 676 g/mol. The van der Waals surface area contributed by atoms with Crippen LogP contribution in [0.5, 0.6) is 0 Å². The van der Waals surface area contributed by atoms with Gasteiger partial charge in [0.15, 0.2) is 0 Å². The second kappa shape index (κ2) is 28.6. The van der Waals surface area contributed by atoms with E-state index in [1.807, 2.05) is 0 Å². The van der Waals surface area contributed by atoms with E-state index in [1.165, 1.54) is 19.8 Å². The summed E-state index contributed by atoms with van der Waals surface area (Å²) < 4.78 is 23.2. The second-order valence-corrected chi connectivity index (χ2v) is 8.18. The SMILES string of the molecule is C.CCOC(=S)NC(CCCCNC(=S)OC)C(=O)O.O=CO[O-].S=C(OCOC(=S)n1ccnc1)n1ccnc1.[Na+]. The molecule has 2 heterocycles. The molecule has 42 heavy (non-hydrogen) atoms. The van der Waals surface area contributed by atoms with Crippen molar-refractivity contribution < 1.29 is 73.3 Å². The smallest absolute Gasteiger partial charge is 0.662 e. The fraction of sp³-hybridized carbons (Fsp3) is 0.455. The molecular formula is C22H33N6NaO9S4. The van der Waals surface area contributed by atoms with Crippen LogP contribution in [0.15, 0.2) is 37.4 Å². The number of hydrogen-bond acceptors (Lipinski definition) is 14. The van der Waals surface area contributed by atoms with Crippen molar-refractivity contribution in [2.24, 2.45) is 0 Å². The largest absolute Gasteiger partial charge is 1.00 e. The molecule has 0 aliphatic heterocycles. The molecule has 15 nitrogen and oxygen atoms in total. The summed E-state index contributed by atoms with van der Waals surface area (Å²) in [6, 6.07) is -0.728. The average Bonchev–Trinajstić information content (AvgIpc) is 3.68. The van der Waals surface area contributed by atoms with E-state index in [0.717, 1.165) is 12.8 Å². The van der Waals surface area contributed by atoms with Crippen molar-refractivity contribution in [3.63, 3.8) is 0 Å². The van der Waals surface area contributed by atoms with E-state index in [-0.39, 0.29) is 65.8 Å². The van der Waals surface area contributed by atoms with Gasteiger partial charge < -0.3 is 44.8 Å². The van der Waals surface area contributed by atoms with Gasteiger partial charge in [0.2, 0.25) is 6.79 Å². The zero-order valence-electron chi connectivity index (χ0n) is 22.5. The van der Waals surface area contributed by atoms with Crippen LogP contribution >= 0.6 is 48.9 Å². The van der Waals surface area contributed by atoms with Crippen LogP contribution in [0.3, 0.4) is 0 Å². The zero-order chi connectivity index (χ0) is 30.2. The van der Waals surface area contributed by atoms with E-state index in [9.17, 15) is 4.79 Å². The molecule has 2 rings (SSSR count). The fourth-order valence-electron chi connectivity index (χ4n) is 2.32. The molecule has 20 heteroatoms. The Morgan fingerprint density at radius 2 is 1.55 bits per heavy atom. The average molecular weight is 677 g/mol. The molecule has 0 aliphatic carbocycles. The molecule has 3 N–H and O–H groups in total. The molecule has 1 atom stereocenters. The van der Waals surface area contributed by atoms with Crippen LogP contribution in [0.2, 0.25) is 0 Å². The van der Waals surface area contributed by atoms with Crippen molar-refractivity contribution in [1.82, 2.24) is 29.7 Å². The molecule has 0 aliphatic rings. The molecule has 2 aromatic rings. The number of carboxylic acid groups (broad SMARTS) is 1. The summed E-state index contributed by atoms with van der Waals surface area (Å²) in [5.74, 6) is -0.942. The van der Waals surface area contributed by atoms with Gasteiger partial charge in [-0.1, -0.05) is 7.43 Å². The van der Waals surface area contributed by atoms with Crippen LogP contribution in [-0.4, -0.2) is 90.4 Å². The van der Waals surface area contributed by atoms with Crippen LogP contribution in [0.1, 0.15) is 33.6 Å². The first kappa shape index (κ1) is 43.9. The number of rotatable bonds is 11. The van der Waals surface area contributed by atoms with Gasteiger partial charge in [-0.25, -0.2) is 14.8 Å². The van der Waals surface area contributed by atoms with E-state index < -0.39 is 12.0 Å². The number of imidazole rings is 2. The van der Waals surface area contributed by atoms with Crippen LogP contribution < -0.4 is 45.4 Å². The number of carbonyl (C=O) groups excluding carboxylic acids is 1. The molecule has 1 unspecified atom stereocenters. The van der Waals surface area contributed by atoms with E-state index in [0.29, 0.717) is 24.7 Å².